The second-order valence-electron chi connectivity index (χ2n) is 3.90. The number of hydrogen-bond acceptors (Lipinski definition) is 4. The van der Waals surface area contributed by atoms with Gasteiger partial charge in [0.1, 0.15) is 11.3 Å². The second-order valence-corrected chi connectivity index (χ2v) is 3.90. The predicted molar refractivity (Wildman–Crippen MR) is 60.5 cm³/mol. The highest BCUT2D eigenvalue weighted by Gasteiger charge is 2.12. The number of nitrogens with zero attached hydrogens (tertiary/aromatic N) is 1. The number of aromatic carboxylic acids is 1. The van der Waals surface area contributed by atoms with E-state index in [2.05, 4.69) is 10.2 Å². The van der Waals surface area contributed by atoms with E-state index >= 15 is 0 Å². The molecule has 0 saturated heterocycles. The predicted octanol–water partition coefficient (Wildman–Crippen LogP) is 1.02. The van der Waals surface area contributed by atoms with Crippen molar-refractivity contribution in [1.29, 1.82) is 0 Å². The van der Waals surface area contributed by atoms with Crippen LogP contribution < -0.4 is 5.32 Å². The molecule has 0 amide bonds. The Hall–Kier alpha value is -1.33. The Morgan fingerprint density at radius 3 is 2.94 bits per heavy atom. The van der Waals surface area contributed by atoms with Crippen LogP contribution in [0.1, 0.15) is 22.5 Å². The Labute approximate surface area is 95.0 Å². The van der Waals surface area contributed by atoms with Gasteiger partial charge in [0.25, 0.3) is 0 Å². The highest BCUT2D eigenvalue weighted by atomic mass is 16.4. The molecule has 0 spiro atoms. The fourth-order valence-corrected chi connectivity index (χ4v) is 1.39. The molecule has 0 aliphatic rings. The summed E-state index contributed by atoms with van der Waals surface area (Å²) >= 11 is 0. The summed E-state index contributed by atoms with van der Waals surface area (Å²) in [5.74, 6) is -0.462. The fraction of sp³-hybridized carbons (Fsp3) is 0.545. The molecule has 2 N–H and O–H groups in total. The third-order valence-electron chi connectivity index (χ3n) is 2.22. The second kappa shape index (κ2) is 6.30. The van der Waals surface area contributed by atoms with Crippen LogP contribution in [0, 0.1) is 0 Å². The van der Waals surface area contributed by atoms with Crippen molar-refractivity contribution in [2.75, 3.05) is 27.2 Å². The molecule has 5 nitrogen and oxygen atoms in total. The number of rotatable bonds is 7. The van der Waals surface area contributed by atoms with Crippen molar-refractivity contribution in [2.45, 2.75) is 13.0 Å². The summed E-state index contributed by atoms with van der Waals surface area (Å²) in [5.41, 5.74) is 0.236. The molecular weight excluding hydrogens is 208 g/mol. The maximum Gasteiger partial charge on any atom is 0.339 e. The molecular formula is C11H18N2O3. The highest BCUT2D eigenvalue weighted by molar-refractivity contribution is 5.88. The number of hydrogen-bond donors (Lipinski definition) is 2. The number of nitrogens with one attached hydrogen (secondary N) is 1. The molecule has 0 atom stereocenters. The van der Waals surface area contributed by atoms with Crippen molar-refractivity contribution >= 4 is 5.97 Å². The standard InChI is InChI=1S/C11H18N2O3/c1-13(2)6-3-5-12-8-10-9(11(14)15)4-7-16-10/h4,7,12H,3,5-6,8H2,1-2H3,(H,14,15). The van der Waals surface area contributed by atoms with Gasteiger partial charge in [-0.1, -0.05) is 0 Å². The molecule has 0 aliphatic heterocycles. The van der Waals surface area contributed by atoms with Crippen LogP contribution >= 0.6 is 0 Å². The molecule has 0 saturated carbocycles. The Bertz CT molecular complexity index is 334. The summed E-state index contributed by atoms with van der Waals surface area (Å²) in [7, 11) is 4.05. The lowest BCUT2D eigenvalue weighted by atomic mass is 10.2. The van der Waals surface area contributed by atoms with E-state index < -0.39 is 5.97 Å². The van der Waals surface area contributed by atoms with Crippen molar-refractivity contribution in [2.24, 2.45) is 0 Å². The minimum absolute atomic E-state index is 0.236. The SMILES string of the molecule is CN(C)CCCNCc1occc1C(=O)O. The van der Waals surface area contributed by atoms with Crippen LogP contribution in [0.4, 0.5) is 0 Å². The number of carbonyl (C=O) groups is 1. The van der Waals surface area contributed by atoms with Gasteiger partial charge in [0.05, 0.1) is 12.8 Å². The van der Waals surface area contributed by atoms with Gasteiger partial charge < -0.3 is 19.7 Å². The van der Waals surface area contributed by atoms with E-state index in [0.717, 1.165) is 19.5 Å². The first kappa shape index (κ1) is 12.7. The van der Waals surface area contributed by atoms with Gasteiger partial charge in [-0.15, -0.1) is 0 Å². The molecule has 1 aromatic rings. The van der Waals surface area contributed by atoms with Gasteiger partial charge in [0.2, 0.25) is 0 Å². The monoisotopic (exact) mass is 226 g/mol. The van der Waals surface area contributed by atoms with Gasteiger partial charge in [0.15, 0.2) is 0 Å². The molecule has 5 heteroatoms. The first-order valence-electron chi connectivity index (χ1n) is 5.26. The summed E-state index contributed by atoms with van der Waals surface area (Å²) in [6.07, 6.45) is 2.43. The molecule has 0 radical (unpaired) electrons. The number of carboxylic acids is 1. The van der Waals surface area contributed by atoms with Crippen molar-refractivity contribution in [3.8, 4) is 0 Å². The van der Waals surface area contributed by atoms with E-state index in [9.17, 15) is 4.79 Å². The molecule has 0 bridgehead atoms. The zero-order chi connectivity index (χ0) is 12.0. The maximum atomic E-state index is 10.8. The summed E-state index contributed by atoms with van der Waals surface area (Å²) < 4.78 is 5.10. The lowest BCUT2D eigenvalue weighted by Crippen LogP contribution is -2.21. The smallest absolute Gasteiger partial charge is 0.339 e. The van der Waals surface area contributed by atoms with E-state index in [-0.39, 0.29) is 5.56 Å². The van der Waals surface area contributed by atoms with Gasteiger partial charge in [-0.25, -0.2) is 4.79 Å². The molecule has 90 valence electrons. The van der Waals surface area contributed by atoms with Gasteiger partial charge in [-0.05, 0) is 39.7 Å². The van der Waals surface area contributed by atoms with Gasteiger partial charge in [-0.2, -0.15) is 0 Å². The molecule has 1 aromatic heterocycles. The van der Waals surface area contributed by atoms with Crippen molar-refractivity contribution in [3.05, 3.63) is 23.7 Å². The molecule has 0 unspecified atom stereocenters. The summed E-state index contributed by atoms with van der Waals surface area (Å²) in [6, 6.07) is 1.47. The van der Waals surface area contributed by atoms with Gasteiger partial charge in [-0.3, -0.25) is 0 Å². The largest absolute Gasteiger partial charge is 0.478 e. The third kappa shape index (κ3) is 4.04. The first-order valence-corrected chi connectivity index (χ1v) is 5.26. The topological polar surface area (TPSA) is 65.7 Å². The van der Waals surface area contributed by atoms with Crippen LogP contribution in [0.25, 0.3) is 0 Å². The van der Waals surface area contributed by atoms with Crippen LogP contribution in [-0.4, -0.2) is 43.2 Å². The zero-order valence-electron chi connectivity index (χ0n) is 9.69. The molecule has 1 rings (SSSR count). The Morgan fingerprint density at radius 1 is 1.56 bits per heavy atom. The molecule has 1 heterocycles. The van der Waals surface area contributed by atoms with Gasteiger partial charge in [0, 0.05) is 0 Å². The maximum absolute atomic E-state index is 10.8. The van der Waals surface area contributed by atoms with E-state index in [1.165, 1.54) is 12.3 Å². The van der Waals surface area contributed by atoms with Crippen LogP contribution in [0.2, 0.25) is 0 Å². The Balaban J connectivity index is 2.27. The van der Waals surface area contributed by atoms with E-state index in [0.29, 0.717) is 12.3 Å². The number of furan rings is 1. The summed E-state index contributed by atoms with van der Waals surface area (Å²) in [4.78, 5) is 12.9. The third-order valence-corrected chi connectivity index (χ3v) is 2.22. The summed E-state index contributed by atoms with van der Waals surface area (Å²) in [6.45, 7) is 2.32. The average Bonchev–Trinajstić information content (AvgIpc) is 2.65. The van der Waals surface area contributed by atoms with Crippen LogP contribution in [0.15, 0.2) is 16.7 Å². The zero-order valence-corrected chi connectivity index (χ0v) is 9.69. The van der Waals surface area contributed by atoms with Gasteiger partial charge >= 0.3 is 5.97 Å². The molecule has 0 aromatic carbocycles. The van der Waals surface area contributed by atoms with Crippen LogP contribution in [0.5, 0.6) is 0 Å². The van der Waals surface area contributed by atoms with Crippen LogP contribution in [-0.2, 0) is 6.54 Å². The summed E-state index contributed by atoms with van der Waals surface area (Å²) in [5, 5.41) is 12.0. The van der Waals surface area contributed by atoms with Crippen LogP contribution in [0.3, 0.4) is 0 Å². The van der Waals surface area contributed by atoms with E-state index in [1.54, 1.807) is 0 Å². The lowest BCUT2D eigenvalue weighted by molar-refractivity contribution is 0.0694. The van der Waals surface area contributed by atoms with Crippen molar-refractivity contribution in [1.82, 2.24) is 10.2 Å². The molecule has 0 aliphatic carbocycles. The minimum atomic E-state index is -0.946. The highest BCUT2D eigenvalue weighted by Crippen LogP contribution is 2.09. The fourth-order valence-electron chi connectivity index (χ4n) is 1.39. The Morgan fingerprint density at radius 2 is 2.31 bits per heavy atom. The molecule has 16 heavy (non-hydrogen) atoms. The quantitative estimate of drug-likeness (QED) is 0.679. The average molecular weight is 226 g/mol. The van der Waals surface area contributed by atoms with Crippen molar-refractivity contribution < 1.29 is 14.3 Å². The number of carboxylic acid groups (broad SMARTS) is 1. The molecule has 0 fully saturated rings. The van der Waals surface area contributed by atoms with E-state index in [1.807, 2.05) is 14.1 Å². The van der Waals surface area contributed by atoms with E-state index in [4.69, 9.17) is 9.52 Å². The Kier molecular flexibility index (Phi) is 5.01. The first-order chi connectivity index (χ1) is 7.61. The van der Waals surface area contributed by atoms with Crippen molar-refractivity contribution in [3.63, 3.8) is 0 Å². The minimum Gasteiger partial charge on any atom is -0.478 e. The normalized spacial score (nSPS) is 10.9. The lowest BCUT2D eigenvalue weighted by Gasteiger charge is -2.09.